The van der Waals surface area contributed by atoms with E-state index in [4.69, 9.17) is 10.5 Å². The molecular weight excluding hydrogens is 358 g/mol. The van der Waals surface area contributed by atoms with Crippen molar-refractivity contribution in [3.05, 3.63) is 10.6 Å². The molecule has 1 aliphatic rings. The fourth-order valence-electron chi connectivity index (χ4n) is 2.45. The van der Waals surface area contributed by atoms with Gasteiger partial charge < -0.3 is 25.6 Å². The highest BCUT2D eigenvalue weighted by atomic mass is 32.1. The number of carbonyl (C=O) groups is 3. The molecule has 0 unspecified atom stereocenters. The van der Waals surface area contributed by atoms with Gasteiger partial charge in [0.15, 0.2) is 5.69 Å². The fourth-order valence-corrected chi connectivity index (χ4v) is 3.21. The average molecular weight is 383 g/mol. The van der Waals surface area contributed by atoms with Crippen molar-refractivity contribution >= 4 is 35.1 Å². The molecule has 1 aromatic heterocycles. The van der Waals surface area contributed by atoms with E-state index in [0.29, 0.717) is 45.2 Å². The normalized spacial score (nSPS) is 14.5. The molecule has 1 aromatic rings. The van der Waals surface area contributed by atoms with Crippen molar-refractivity contribution < 1.29 is 19.1 Å². The monoisotopic (exact) mass is 383 g/mol. The molecule has 0 bridgehead atoms. The SMILES string of the molecule is CCOC(=O)N1CCN(C(=O)c2snc(C(=O)NCC(C)C)c2N)CC1. The number of nitrogens with zero attached hydrogens (tertiary/aromatic N) is 3. The Balaban J connectivity index is 1.98. The summed E-state index contributed by atoms with van der Waals surface area (Å²) in [5, 5.41) is 2.74. The Morgan fingerprint density at radius 1 is 1.23 bits per heavy atom. The van der Waals surface area contributed by atoms with E-state index in [1.807, 2.05) is 13.8 Å². The molecule has 10 heteroatoms. The molecule has 1 aliphatic heterocycles. The summed E-state index contributed by atoms with van der Waals surface area (Å²) in [6.07, 6.45) is -0.374. The maximum atomic E-state index is 12.7. The number of nitrogens with one attached hydrogen (secondary N) is 1. The van der Waals surface area contributed by atoms with E-state index in [2.05, 4.69) is 9.69 Å². The van der Waals surface area contributed by atoms with Gasteiger partial charge in [-0.3, -0.25) is 9.59 Å². The van der Waals surface area contributed by atoms with Crippen molar-refractivity contribution in [3.8, 4) is 0 Å². The zero-order valence-electron chi connectivity index (χ0n) is 15.3. The summed E-state index contributed by atoms with van der Waals surface area (Å²) in [6, 6.07) is 0. The van der Waals surface area contributed by atoms with Gasteiger partial charge in [0.1, 0.15) is 4.88 Å². The van der Waals surface area contributed by atoms with Crippen LogP contribution >= 0.6 is 11.5 Å². The number of ether oxygens (including phenoxy) is 1. The minimum absolute atomic E-state index is 0.0872. The molecule has 144 valence electrons. The summed E-state index contributed by atoms with van der Waals surface area (Å²) in [6.45, 7) is 8.08. The van der Waals surface area contributed by atoms with Crippen molar-refractivity contribution in [1.82, 2.24) is 19.5 Å². The van der Waals surface area contributed by atoms with Crippen LogP contribution in [-0.4, -0.2) is 71.4 Å². The molecule has 0 radical (unpaired) electrons. The van der Waals surface area contributed by atoms with E-state index < -0.39 is 0 Å². The van der Waals surface area contributed by atoms with Crippen LogP contribution < -0.4 is 11.1 Å². The van der Waals surface area contributed by atoms with E-state index in [9.17, 15) is 14.4 Å². The van der Waals surface area contributed by atoms with Crippen LogP contribution in [0.4, 0.5) is 10.5 Å². The van der Waals surface area contributed by atoms with Crippen LogP contribution in [0.2, 0.25) is 0 Å². The zero-order valence-corrected chi connectivity index (χ0v) is 16.1. The third-order valence-electron chi connectivity index (χ3n) is 3.90. The number of nitrogen functional groups attached to an aromatic ring is 1. The second kappa shape index (κ2) is 8.84. The Morgan fingerprint density at radius 2 is 1.85 bits per heavy atom. The summed E-state index contributed by atoms with van der Waals surface area (Å²) in [5.41, 5.74) is 6.18. The van der Waals surface area contributed by atoms with Gasteiger partial charge in [0.25, 0.3) is 11.8 Å². The zero-order chi connectivity index (χ0) is 19.3. The minimum atomic E-state index is -0.376. The van der Waals surface area contributed by atoms with Crippen LogP contribution in [0.5, 0.6) is 0 Å². The van der Waals surface area contributed by atoms with Crippen molar-refractivity contribution in [2.24, 2.45) is 5.92 Å². The average Bonchev–Trinajstić information content (AvgIpc) is 3.01. The van der Waals surface area contributed by atoms with Gasteiger partial charge in [0, 0.05) is 32.7 Å². The maximum absolute atomic E-state index is 12.7. The quantitative estimate of drug-likeness (QED) is 0.784. The lowest BCUT2D eigenvalue weighted by molar-refractivity contribution is 0.0575. The molecule has 1 saturated heterocycles. The van der Waals surface area contributed by atoms with E-state index in [-0.39, 0.29) is 34.2 Å². The Bertz CT molecular complexity index is 668. The highest BCUT2D eigenvalue weighted by Gasteiger charge is 2.29. The molecule has 9 nitrogen and oxygen atoms in total. The van der Waals surface area contributed by atoms with Crippen LogP contribution in [0.3, 0.4) is 0 Å². The Kier molecular flexibility index (Phi) is 6.78. The maximum Gasteiger partial charge on any atom is 0.409 e. The first-order valence-corrected chi connectivity index (χ1v) is 9.36. The van der Waals surface area contributed by atoms with Crippen molar-refractivity contribution in [1.29, 1.82) is 0 Å². The molecular formula is C16H25N5O4S. The van der Waals surface area contributed by atoms with E-state index >= 15 is 0 Å². The van der Waals surface area contributed by atoms with Crippen LogP contribution in [0.25, 0.3) is 0 Å². The summed E-state index contributed by atoms with van der Waals surface area (Å²) in [7, 11) is 0. The number of rotatable bonds is 5. The molecule has 0 atom stereocenters. The van der Waals surface area contributed by atoms with Gasteiger partial charge in [-0.1, -0.05) is 13.8 Å². The minimum Gasteiger partial charge on any atom is -0.450 e. The summed E-state index contributed by atoms with van der Waals surface area (Å²) < 4.78 is 9.01. The third kappa shape index (κ3) is 4.63. The predicted molar refractivity (Wildman–Crippen MR) is 98.2 cm³/mol. The van der Waals surface area contributed by atoms with Crippen molar-refractivity contribution in [2.75, 3.05) is 45.1 Å². The smallest absolute Gasteiger partial charge is 0.409 e. The lowest BCUT2D eigenvalue weighted by Crippen LogP contribution is -2.50. The first kappa shape index (κ1) is 20.0. The van der Waals surface area contributed by atoms with Gasteiger partial charge >= 0.3 is 6.09 Å². The first-order valence-electron chi connectivity index (χ1n) is 8.59. The summed E-state index contributed by atoms with van der Waals surface area (Å²) in [5.74, 6) is -0.347. The molecule has 3 N–H and O–H groups in total. The first-order chi connectivity index (χ1) is 12.3. The van der Waals surface area contributed by atoms with E-state index in [1.54, 1.807) is 16.7 Å². The number of carbonyl (C=O) groups excluding carboxylic acids is 3. The summed E-state index contributed by atoms with van der Waals surface area (Å²) >= 11 is 0.923. The fraction of sp³-hybridized carbons (Fsp3) is 0.625. The lowest BCUT2D eigenvalue weighted by Gasteiger charge is -2.33. The number of hydrogen-bond donors (Lipinski definition) is 2. The molecule has 3 amide bonds. The van der Waals surface area contributed by atoms with Gasteiger partial charge in [0.2, 0.25) is 0 Å². The highest BCUT2D eigenvalue weighted by molar-refractivity contribution is 7.09. The number of hydrogen-bond acceptors (Lipinski definition) is 7. The molecule has 2 heterocycles. The van der Waals surface area contributed by atoms with Gasteiger partial charge in [-0.25, -0.2) is 4.79 Å². The molecule has 2 rings (SSSR count). The number of nitrogens with two attached hydrogens (primary N) is 1. The molecule has 26 heavy (non-hydrogen) atoms. The molecule has 1 fully saturated rings. The van der Waals surface area contributed by atoms with Crippen LogP contribution in [-0.2, 0) is 4.74 Å². The largest absolute Gasteiger partial charge is 0.450 e. The number of anilines is 1. The van der Waals surface area contributed by atoms with Crippen LogP contribution in [0.1, 0.15) is 40.9 Å². The second-order valence-corrected chi connectivity index (χ2v) is 7.13. The standard InChI is InChI=1S/C16H25N5O4S/c1-4-25-16(24)21-7-5-20(6-8-21)15(23)13-11(17)12(19-26-13)14(22)18-9-10(2)3/h10H,4-9,17H2,1-3H3,(H,18,22). The Morgan fingerprint density at radius 3 is 2.42 bits per heavy atom. The van der Waals surface area contributed by atoms with E-state index in [0.717, 1.165) is 11.5 Å². The van der Waals surface area contributed by atoms with Gasteiger partial charge in [-0.2, -0.15) is 4.37 Å². The molecule has 0 aliphatic carbocycles. The summed E-state index contributed by atoms with van der Waals surface area (Å²) in [4.78, 5) is 39.9. The molecule has 0 spiro atoms. The Hall–Kier alpha value is -2.36. The van der Waals surface area contributed by atoms with Gasteiger partial charge in [0.05, 0.1) is 12.3 Å². The predicted octanol–water partition coefficient (Wildman–Crippen LogP) is 1.03. The number of amides is 3. The number of aromatic nitrogens is 1. The molecule has 0 aromatic carbocycles. The highest BCUT2D eigenvalue weighted by Crippen LogP contribution is 2.24. The van der Waals surface area contributed by atoms with Gasteiger partial charge in [-0.15, -0.1) is 0 Å². The third-order valence-corrected chi connectivity index (χ3v) is 4.75. The Labute approximate surface area is 156 Å². The van der Waals surface area contributed by atoms with Crippen LogP contribution in [0, 0.1) is 5.92 Å². The van der Waals surface area contributed by atoms with Crippen LogP contribution in [0.15, 0.2) is 0 Å². The second-order valence-electron chi connectivity index (χ2n) is 6.36. The van der Waals surface area contributed by atoms with Crippen molar-refractivity contribution in [3.63, 3.8) is 0 Å². The van der Waals surface area contributed by atoms with Crippen molar-refractivity contribution in [2.45, 2.75) is 20.8 Å². The van der Waals surface area contributed by atoms with E-state index in [1.165, 1.54) is 0 Å². The number of piperazine rings is 1. The molecule has 0 saturated carbocycles. The lowest BCUT2D eigenvalue weighted by atomic mass is 10.2. The van der Waals surface area contributed by atoms with Gasteiger partial charge in [-0.05, 0) is 24.4 Å². The topological polar surface area (TPSA) is 118 Å².